The van der Waals surface area contributed by atoms with E-state index < -0.39 is 0 Å². The van der Waals surface area contributed by atoms with Gasteiger partial charge >= 0.3 is 0 Å². The number of methoxy groups -OCH3 is 1. The van der Waals surface area contributed by atoms with E-state index in [-0.39, 0.29) is 18.3 Å². The Morgan fingerprint density at radius 1 is 1.23 bits per heavy atom. The van der Waals surface area contributed by atoms with E-state index in [0.29, 0.717) is 29.8 Å². The van der Waals surface area contributed by atoms with E-state index in [1.165, 1.54) is 19.2 Å². The molecule has 1 amide bonds. The summed E-state index contributed by atoms with van der Waals surface area (Å²) in [5, 5.41) is 12.0. The lowest BCUT2D eigenvalue weighted by Crippen LogP contribution is -2.12. The highest BCUT2D eigenvalue weighted by molar-refractivity contribution is 5.91. The minimum atomic E-state index is -0.289. The molecule has 4 nitrogen and oxygen atoms in total. The zero-order valence-electron chi connectivity index (χ0n) is 12.3. The van der Waals surface area contributed by atoms with E-state index in [0.717, 1.165) is 5.56 Å². The van der Waals surface area contributed by atoms with Crippen molar-refractivity contribution < 1.29 is 19.0 Å². The summed E-state index contributed by atoms with van der Waals surface area (Å²) in [6, 6.07) is 11.2. The van der Waals surface area contributed by atoms with Crippen LogP contribution < -0.4 is 10.1 Å². The molecule has 0 radical (unpaired) electrons. The molecular weight excluding hydrogens is 285 g/mol. The van der Waals surface area contributed by atoms with Crippen LogP contribution >= 0.6 is 0 Å². The maximum Gasteiger partial charge on any atom is 0.224 e. The van der Waals surface area contributed by atoms with E-state index >= 15 is 0 Å². The highest BCUT2D eigenvalue weighted by Crippen LogP contribution is 2.22. The van der Waals surface area contributed by atoms with Crippen molar-refractivity contribution >= 4 is 11.6 Å². The van der Waals surface area contributed by atoms with Gasteiger partial charge in [-0.25, -0.2) is 4.39 Å². The molecule has 2 aromatic rings. The highest BCUT2D eigenvalue weighted by Gasteiger charge is 2.07. The van der Waals surface area contributed by atoms with Crippen molar-refractivity contribution in [3.63, 3.8) is 0 Å². The van der Waals surface area contributed by atoms with Crippen LogP contribution in [0.1, 0.15) is 17.5 Å². The topological polar surface area (TPSA) is 58.6 Å². The van der Waals surface area contributed by atoms with Crippen LogP contribution in [0.2, 0.25) is 0 Å². The van der Waals surface area contributed by atoms with Crippen LogP contribution in [0.25, 0.3) is 0 Å². The lowest BCUT2D eigenvalue weighted by Gasteiger charge is -2.10. The number of ether oxygens (including phenoxy) is 1. The maximum atomic E-state index is 12.8. The standard InChI is InChI=1S/C17H18FNO3/c1-22-16-8-7-15(10-13(16)11-20)19-17(21)9-4-12-2-5-14(18)6-3-12/h2-3,5-8,10,20H,4,9,11H2,1H3,(H,19,21). The lowest BCUT2D eigenvalue weighted by molar-refractivity contribution is -0.116. The quantitative estimate of drug-likeness (QED) is 0.862. The van der Waals surface area contributed by atoms with Crippen LogP contribution in [0.4, 0.5) is 10.1 Å². The molecule has 0 aliphatic heterocycles. The number of aliphatic hydroxyl groups excluding tert-OH is 1. The van der Waals surface area contributed by atoms with Crippen molar-refractivity contribution in [2.24, 2.45) is 0 Å². The van der Waals surface area contributed by atoms with Gasteiger partial charge in [-0.2, -0.15) is 0 Å². The summed E-state index contributed by atoms with van der Waals surface area (Å²) in [7, 11) is 1.52. The van der Waals surface area contributed by atoms with Crippen LogP contribution in [0.15, 0.2) is 42.5 Å². The number of anilines is 1. The first-order chi connectivity index (χ1) is 10.6. The van der Waals surface area contributed by atoms with Gasteiger partial charge in [0.15, 0.2) is 0 Å². The Labute approximate surface area is 128 Å². The van der Waals surface area contributed by atoms with Gasteiger partial charge in [0, 0.05) is 17.7 Å². The molecule has 0 atom stereocenters. The van der Waals surface area contributed by atoms with Gasteiger partial charge in [0.2, 0.25) is 5.91 Å². The molecule has 0 bridgehead atoms. The van der Waals surface area contributed by atoms with Gasteiger partial charge in [-0.1, -0.05) is 12.1 Å². The number of halogens is 1. The van der Waals surface area contributed by atoms with Gasteiger partial charge in [-0.05, 0) is 42.3 Å². The molecule has 5 heteroatoms. The first kappa shape index (κ1) is 16.0. The summed E-state index contributed by atoms with van der Waals surface area (Å²) < 4.78 is 17.9. The maximum absolute atomic E-state index is 12.8. The summed E-state index contributed by atoms with van der Waals surface area (Å²) in [6.07, 6.45) is 0.835. The number of amides is 1. The summed E-state index contributed by atoms with van der Waals surface area (Å²) in [5.41, 5.74) is 2.12. The molecule has 0 saturated carbocycles. The third-order valence-electron chi connectivity index (χ3n) is 3.29. The fraction of sp³-hybridized carbons (Fsp3) is 0.235. The summed E-state index contributed by atoms with van der Waals surface area (Å²) in [6.45, 7) is -0.164. The van der Waals surface area contributed by atoms with Crippen molar-refractivity contribution in [3.05, 3.63) is 59.4 Å². The molecule has 2 N–H and O–H groups in total. The van der Waals surface area contributed by atoms with E-state index in [1.54, 1.807) is 30.3 Å². The number of carbonyl (C=O) groups is 1. The Bertz CT molecular complexity index is 641. The fourth-order valence-corrected chi connectivity index (χ4v) is 2.11. The second-order valence-electron chi connectivity index (χ2n) is 4.86. The molecule has 2 aromatic carbocycles. The van der Waals surface area contributed by atoms with Crippen LogP contribution in [-0.4, -0.2) is 18.1 Å². The van der Waals surface area contributed by atoms with Crippen molar-refractivity contribution in [2.75, 3.05) is 12.4 Å². The van der Waals surface area contributed by atoms with E-state index in [2.05, 4.69) is 5.32 Å². The number of rotatable bonds is 6. The zero-order valence-corrected chi connectivity index (χ0v) is 12.3. The van der Waals surface area contributed by atoms with Gasteiger partial charge in [0.1, 0.15) is 11.6 Å². The number of benzene rings is 2. The Hall–Kier alpha value is -2.40. The Kier molecular flexibility index (Phi) is 5.49. The van der Waals surface area contributed by atoms with E-state index in [1.807, 2.05) is 0 Å². The molecule has 22 heavy (non-hydrogen) atoms. The largest absolute Gasteiger partial charge is 0.496 e. The minimum Gasteiger partial charge on any atom is -0.496 e. The van der Waals surface area contributed by atoms with Gasteiger partial charge in [-0.15, -0.1) is 0 Å². The normalized spacial score (nSPS) is 10.3. The van der Waals surface area contributed by atoms with Gasteiger partial charge in [-0.3, -0.25) is 4.79 Å². The predicted octanol–water partition coefficient (Wildman–Crippen LogP) is 2.90. The first-order valence-electron chi connectivity index (χ1n) is 6.94. The summed E-state index contributed by atoms with van der Waals surface area (Å²) in [5.74, 6) is 0.146. The van der Waals surface area contributed by atoms with Crippen LogP contribution in [0, 0.1) is 5.82 Å². The average molecular weight is 303 g/mol. The van der Waals surface area contributed by atoms with Crippen molar-refractivity contribution in [3.8, 4) is 5.75 Å². The molecule has 0 aromatic heterocycles. The second-order valence-corrected chi connectivity index (χ2v) is 4.86. The fourth-order valence-electron chi connectivity index (χ4n) is 2.11. The SMILES string of the molecule is COc1ccc(NC(=O)CCc2ccc(F)cc2)cc1CO. The van der Waals surface area contributed by atoms with Gasteiger partial charge in [0.05, 0.1) is 13.7 Å². The van der Waals surface area contributed by atoms with Crippen molar-refractivity contribution in [2.45, 2.75) is 19.4 Å². The van der Waals surface area contributed by atoms with Gasteiger partial charge < -0.3 is 15.2 Å². The van der Waals surface area contributed by atoms with Crippen molar-refractivity contribution in [1.82, 2.24) is 0 Å². The molecule has 0 heterocycles. The molecule has 0 unspecified atom stereocenters. The van der Waals surface area contributed by atoms with Crippen LogP contribution in [0.3, 0.4) is 0 Å². The van der Waals surface area contributed by atoms with Crippen molar-refractivity contribution in [1.29, 1.82) is 0 Å². The Morgan fingerprint density at radius 3 is 2.59 bits per heavy atom. The third kappa shape index (κ3) is 4.30. The molecule has 0 aliphatic carbocycles. The Morgan fingerprint density at radius 2 is 1.95 bits per heavy atom. The molecule has 0 aliphatic rings. The Balaban J connectivity index is 1.93. The monoisotopic (exact) mass is 303 g/mol. The first-order valence-corrected chi connectivity index (χ1v) is 6.94. The van der Waals surface area contributed by atoms with E-state index in [9.17, 15) is 14.3 Å². The number of aliphatic hydroxyl groups is 1. The molecule has 116 valence electrons. The molecule has 2 rings (SSSR count). The number of hydrogen-bond acceptors (Lipinski definition) is 3. The molecule has 0 fully saturated rings. The summed E-state index contributed by atoms with van der Waals surface area (Å²) in [4.78, 5) is 11.9. The van der Waals surface area contributed by atoms with Crippen LogP contribution in [-0.2, 0) is 17.8 Å². The highest BCUT2D eigenvalue weighted by atomic mass is 19.1. The summed E-state index contributed by atoms with van der Waals surface area (Å²) >= 11 is 0. The van der Waals surface area contributed by atoms with Crippen LogP contribution in [0.5, 0.6) is 5.75 Å². The number of carbonyl (C=O) groups excluding carboxylic acids is 1. The lowest BCUT2D eigenvalue weighted by atomic mass is 10.1. The predicted molar refractivity (Wildman–Crippen MR) is 82.3 cm³/mol. The van der Waals surface area contributed by atoms with E-state index in [4.69, 9.17) is 4.74 Å². The minimum absolute atomic E-state index is 0.140. The second kappa shape index (κ2) is 7.56. The molecule has 0 saturated heterocycles. The average Bonchev–Trinajstić information content (AvgIpc) is 2.54. The number of aryl methyl sites for hydroxylation is 1. The smallest absolute Gasteiger partial charge is 0.224 e. The molecular formula is C17H18FNO3. The zero-order chi connectivity index (χ0) is 15.9. The number of hydrogen-bond donors (Lipinski definition) is 2. The third-order valence-corrected chi connectivity index (χ3v) is 3.29. The van der Waals surface area contributed by atoms with Gasteiger partial charge in [0.25, 0.3) is 0 Å². The number of nitrogens with one attached hydrogen (secondary N) is 1. The molecule has 0 spiro atoms.